The molecule has 0 saturated carbocycles. The lowest BCUT2D eigenvalue weighted by Gasteiger charge is -2.23. The highest BCUT2D eigenvalue weighted by Gasteiger charge is 2.55. The van der Waals surface area contributed by atoms with Crippen molar-refractivity contribution in [2.45, 2.75) is 51.7 Å². The lowest BCUT2D eigenvalue weighted by molar-refractivity contribution is -0.147. The van der Waals surface area contributed by atoms with Gasteiger partial charge in [-0.3, -0.25) is 14.4 Å². The number of carbonyl (C=O) groups excluding carboxylic acids is 2. The van der Waals surface area contributed by atoms with Crippen molar-refractivity contribution in [2.24, 2.45) is 17.6 Å². The molecule has 1 aromatic carbocycles. The number of rotatable bonds is 6. The van der Waals surface area contributed by atoms with Gasteiger partial charge in [0.25, 0.3) is 5.91 Å². The Morgan fingerprint density at radius 3 is 2.29 bits per heavy atom. The zero-order chi connectivity index (χ0) is 22.4. The maximum Gasteiger partial charge on any atom is 0.310 e. The topological polar surface area (TPSA) is 119 Å². The lowest BCUT2D eigenvalue weighted by Crippen LogP contribution is -2.41. The van der Waals surface area contributed by atoms with Gasteiger partial charge in [-0.05, 0) is 36.8 Å². The van der Waals surface area contributed by atoms with E-state index in [1.807, 2.05) is 31.2 Å². The normalized spacial score (nSPS) is 24.5. The van der Waals surface area contributed by atoms with Crippen molar-refractivity contribution in [1.82, 2.24) is 0 Å². The molecule has 2 fully saturated rings. The zero-order valence-corrected chi connectivity index (χ0v) is 18.5. The van der Waals surface area contributed by atoms with Gasteiger partial charge in [0.15, 0.2) is 0 Å². The summed E-state index contributed by atoms with van der Waals surface area (Å²) >= 11 is 1.27. The average Bonchev–Trinajstić information content (AvgIpc) is 3.40. The standard InChI is InChI=1S/C23H26N2O5S/c1-10(2)12-4-6-13(7-5-12)16-11(3)31-22(19(16)20(24)26)25-21(27)17-14-8-9-15(30-14)18(17)23(28)29/h4-7,10,14-15,17-18H,8-9H2,1-3H3,(H2,24,26)(H,25,27)(H,28,29)/t14-,15+,17-,18-/m0/s1. The van der Waals surface area contributed by atoms with E-state index in [0.717, 1.165) is 10.4 Å². The fourth-order valence-electron chi connectivity index (χ4n) is 4.77. The Morgan fingerprint density at radius 2 is 1.74 bits per heavy atom. The van der Waals surface area contributed by atoms with E-state index in [1.54, 1.807) is 0 Å². The van der Waals surface area contributed by atoms with Gasteiger partial charge in [-0.15, -0.1) is 11.3 Å². The molecule has 31 heavy (non-hydrogen) atoms. The van der Waals surface area contributed by atoms with E-state index in [1.165, 1.54) is 16.9 Å². The summed E-state index contributed by atoms with van der Waals surface area (Å²) in [6, 6.07) is 7.94. The minimum Gasteiger partial charge on any atom is -0.481 e. The molecule has 8 heteroatoms. The van der Waals surface area contributed by atoms with Crippen LogP contribution < -0.4 is 11.1 Å². The van der Waals surface area contributed by atoms with E-state index in [4.69, 9.17) is 10.5 Å². The Labute approximate surface area is 184 Å². The second-order valence-electron chi connectivity index (χ2n) is 8.55. The van der Waals surface area contributed by atoms with Crippen molar-refractivity contribution in [3.63, 3.8) is 0 Å². The van der Waals surface area contributed by atoms with Gasteiger partial charge in [-0.25, -0.2) is 0 Å². The van der Waals surface area contributed by atoms with Crippen LogP contribution in [-0.2, 0) is 14.3 Å². The number of hydrogen-bond acceptors (Lipinski definition) is 5. The molecule has 0 spiro atoms. The van der Waals surface area contributed by atoms with Crippen molar-refractivity contribution < 1.29 is 24.2 Å². The molecule has 2 amide bonds. The third kappa shape index (κ3) is 3.74. The third-order valence-electron chi connectivity index (χ3n) is 6.29. The van der Waals surface area contributed by atoms with Gasteiger partial charge in [-0.2, -0.15) is 0 Å². The van der Waals surface area contributed by atoms with Crippen molar-refractivity contribution in [1.29, 1.82) is 0 Å². The third-order valence-corrected chi connectivity index (χ3v) is 7.32. The predicted molar refractivity (Wildman–Crippen MR) is 118 cm³/mol. The average molecular weight is 443 g/mol. The number of anilines is 1. The zero-order valence-electron chi connectivity index (χ0n) is 17.7. The van der Waals surface area contributed by atoms with E-state index < -0.39 is 41.8 Å². The number of thiophene rings is 1. The van der Waals surface area contributed by atoms with Crippen LogP contribution in [0, 0.1) is 18.8 Å². The summed E-state index contributed by atoms with van der Waals surface area (Å²) in [5, 5.41) is 12.7. The summed E-state index contributed by atoms with van der Waals surface area (Å²) in [4.78, 5) is 38.0. The van der Waals surface area contributed by atoms with Crippen molar-refractivity contribution in [3.8, 4) is 11.1 Å². The van der Waals surface area contributed by atoms with Gasteiger partial charge in [0.1, 0.15) is 5.00 Å². The van der Waals surface area contributed by atoms with Crippen LogP contribution in [0.25, 0.3) is 11.1 Å². The van der Waals surface area contributed by atoms with Crippen LogP contribution in [0.5, 0.6) is 0 Å². The van der Waals surface area contributed by atoms with Gasteiger partial charge >= 0.3 is 5.97 Å². The SMILES string of the molecule is Cc1sc(NC(=O)[C@@H]2[C@@H](C(=O)O)[C@H]3CC[C@@H]2O3)c(C(N)=O)c1-c1ccc(C(C)C)cc1. The number of carboxylic acid groups (broad SMARTS) is 1. The second-order valence-corrected chi connectivity index (χ2v) is 9.77. The monoisotopic (exact) mass is 442 g/mol. The number of fused-ring (bicyclic) bond motifs is 2. The maximum absolute atomic E-state index is 13.1. The van der Waals surface area contributed by atoms with Crippen LogP contribution in [0.1, 0.15) is 53.4 Å². The largest absolute Gasteiger partial charge is 0.481 e. The highest BCUT2D eigenvalue weighted by molar-refractivity contribution is 7.17. The number of benzene rings is 1. The summed E-state index contributed by atoms with van der Waals surface area (Å²) < 4.78 is 5.69. The first-order chi connectivity index (χ1) is 14.7. The molecule has 2 aromatic rings. The second kappa shape index (κ2) is 8.09. The first-order valence-corrected chi connectivity index (χ1v) is 11.2. The molecule has 1 aromatic heterocycles. The number of carboxylic acids is 1. The van der Waals surface area contributed by atoms with Gasteiger partial charge in [0.2, 0.25) is 5.91 Å². The molecule has 2 aliphatic rings. The molecule has 0 unspecified atom stereocenters. The van der Waals surface area contributed by atoms with E-state index >= 15 is 0 Å². The Hall–Kier alpha value is -2.71. The quantitative estimate of drug-likeness (QED) is 0.629. The first-order valence-electron chi connectivity index (χ1n) is 10.4. The number of ether oxygens (including phenoxy) is 1. The number of aryl methyl sites for hydroxylation is 1. The molecule has 7 nitrogen and oxygen atoms in total. The molecular formula is C23H26N2O5S. The highest BCUT2D eigenvalue weighted by Crippen LogP contribution is 2.45. The highest BCUT2D eigenvalue weighted by atomic mass is 32.1. The van der Waals surface area contributed by atoms with E-state index in [-0.39, 0.29) is 5.56 Å². The summed E-state index contributed by atoms with van der Waals surface area (Å²) in [5.41, 5.74) is 8.69. The van der Waals surface area contributed by atoms with E-state index in [0.29, 0.717) is 29.3 Å². The molecular weight excluding hydrogens is 416 g/mol. The fraction of sp³-hybridized carbons (Fsp3) is 0.435. The van der Waals surface area contributed by atoms with Gasteiger partial charge < -0.3 is 20.9 Å². The van der Waals surface area contributed by atoms with E-state index in [2.05, 4.69) is 19.2 Å². The maximum atomic E-state index is 13.1. The fourth-order valence-corrected chi connectivity index (χ4v) is 5.85. The van der Waals surface area contributed by atoms with Crippen LogP contribution >= 0.6 is 11.3 Å². The molecule has 2 saturated heterocycles. The van der Waals surface area contributed by atoms with Crippen molar-refractivity contribution in [3.05, 3.63) is 40.3 Å². The Morgan fingerprint density at radius 1 is 1.13 bits per heavy atom. The Kier molecular flexibility index (Phi) is 5.61. The number of amides is 2. The summed E-state index contributed by atoms with van der Waals surface area (Å²) in [6.45, 7) is 6.09. The molecule has 2 bridgehead atoms. The van der Waals surface area contributed by atoms with Crippen LogP contribution in [0.15, 0.2) is 24.3 Å². The summed E-state index contributed by atoms with van der Waals surface area (Å²) in [6.07, 6.45) is 0.458. The smallest absolute Gasteiger partial charge is 0.310 e. The molecule has 4 rings (SSSR count). The minimum atomic E-state index is -1.03. The number of nitrogens with one attached hydrogen (secondary N) is 1. The number of hydrogen-bond donors (Lipinski definition) is 3. The number of nitrogens with two attached hydrogens (primary N) is 1. The lowest BCUT2D eigenvalue weighted by atomic mass is 9.78. The van der Waals surface area contributed by atoms with Crippen LogP contribution in [0.2, 0.25) is 0 Å². The van der Waals surface area contributed by atoms with Gasteiger partial charge in [-0.1, -0.05) is 38.1 Å². The van der Waals surface area contributed by atoms with Gasteiger partial charge in [0, 0.05) is 10.4 Å². The Balaban J connectivity index is 1.67. The number of carbonyl (C=O) groups is 3. The molecule has 4 atom stereocenters. The number of primary amides is 1. The summed E-state index contributed by atoms with van der Waals surface area (Å²) in [5.74, 6) is -3.38. The van der Waals surface area contributed by atoms with Crippen LogP contribution in [0.3, 0.4) is 0 Å². The van der Waals surface area contributed by atoms with Crippen molar-refractivity contribution >= 4 is 34.1 Å². The molecule has 0 aliphatic carbocycles. The van der Waals surface area contributed by atoms with Crippen LogP contribution in [-0.4, -0.2) is 35.1 Å². The minimum absolute atomic E-state index is 0.254. The van der Waals surface area contributed by atoms with Gasteiger partial charge in [0.05, 0.1) is 29.6 Å². The summed E-state index contributed by atoms with van der Waals surface area (Å²) in [7, 11) is 0. The Bertz CT molecular complexity index is 1040. The van der Waals surface area contributed by atoms with Crippen LogP contribution in [0.4, 0.5) is 5.00 Å². The predicted octanol–water partition coefficient (Wildman–Crippen LogP) is 3.76. The van der Waals surface area contributed by atoms with E-state index in [9.17, 15) is 19.5 Å². The number of aliphatic carboxylic acids is 1. The molecule has 4 N–H and O–H groups in total. The first kappa shape index (κ1) is 21.5. The molecule has 0 radical (unpaired) electrons. The molecule has 3 heterocycles. The molecule has 164 valence electrons. The van der Waals surface area contributed by atoms with Crippen molar-refractivity contribution in [2.75, 3.05) is 5.32 Å². The molecule has 2 aliphatic heterocycles.